The minimum absolute atomic E-state index is 0.0696. The molecule has 1 amide bonds. The van der Waals surface area contributed by atoms with Crippen LogP contribution in [0.15, 0.2) is 53.6 Å². The highest BCUT2D eigenvalue weighted by Gasteiger charge is 2.10. The highest BCUT2D eigenvalue weighted by molar-refractivity contribution is 14.1. The Hall–Kier alpha value is -2.88. The van der Waals surface area contributed by atoms with Crippen molar-refractivity contribution in [2.24, 2.45) is 5.10 Å². The molecule has 1 heterocycles. The number of aromatic hydroxyl groups is 1. The summed E-state index contributed by atoms with van der Waals surface area (Å²) >= 11 is 1.99. The van der Waals surface area contributed by atoms with Gasteiger partial charge >= 0.3 is 0 Å². The molecule has 2 aromatic carbocycles. The summed E-state index contributed by atoms with van der Waals surface area (Å²) in [5, 5.41) is 20.6. The van der Waals surface area contributed by atoms with Crippen LogP contribution in [0, 0.1) is 3.57 Å². The number of amides is 1. The molecule has 3 N–H and O–H groups in total. The van der Waals surface area contributed by atoms with Gasteiger partial charge in [0.2, 0.25) is 0 Å². The summed E-state index contributed by atoms with van der Waals surface area (Å²) in [6.07, 6.45) is 1.47. The van der Waals surface area contributed by atoms with Crippen molar-refractivity contribution in [1.29, 1.82) is 0 Å². The van der Waals surface area contributed by atoms with Crippen LogP contribution < -0.4 is 10.2 Å². The van der Waals surface area contributed by atoms with Crippen LogP contribution in [0.4, 0.5) is 0 Å². The zero-order valence-electron chi connectivity index (χ0n) is 13.7. The number of phenolic OH excluding ortho intramolecular Hbond substituents is 1. The van der Waals surface area contributed by atoms with E-state index in [9.17, 15) is 9.90 Å². The Bertz CT molecular complexity index is 954. The monoisotopic (exact) mass is 462 g/mol. The van der Waals surface area contributed by atoms with Gasteiger partial charge in [0.25, 0.3) is 5.91 Å². The zero-order valence-corrected chi connectivity index (χ0v) is 15.9. The summed E-state index contributed by atoms with van der Waals surface area (Å²) in [7, 11) is 1.47. The van der Waals surface area contributed by atoms with Crippen molar-refractivity contribution >= 4 is 34.7 Å². The fourth-order valence-corrected chi connectivity index (χ4v) is 2.87. The van der Waals surface area contributed by atoms with E-state index in [1.807, 2.05) is 52.9 Å². The van der Waals surface area contributed by atoms with Gasteiger partial charge in [-0.2, -0.15) is 10.2 Å². The third kappa shape index (κ3) is 4.02. The second-order valence-corrected chi connectivity index (χ2v) is 6.45. The van der Waals surface area contributed by atoms with Gasteiger partial charge in [-0.05, 0) is 46.4 Å². The molecule has 0 aliphatic carbocycles. The Balaban J connectivity index is 1.69. The van der Waals surface area contributed by atoms with Gasteiger partial charge in [0.05, 0.1) is 22.6 Å². The summed E-state index contributed by atoms with van der Waals surface area (Å²) < 4.78 is 5.71. The summed E-state index contributed by atoms with van der Waals surface area (Å²) in [6, 6.07) is 14.5. The van der Waals surface area contributed by atoms with Crippen LogP contribution in [0.25, 0.3) is 11.3 Å². The summed E-state index contributed by atoms with van der Waals surface area (Å²) in [4.78, 5) is 12.2. The Morgan fingerprint density at radius 1 is 1.31 bits per heavy atom. The van der Waals surface area contributed by atoms with Gasteiger partial charge in [-0.15, -0.1) is 0 Å². The smallest absolute Gasteiger partial charge is 0.289 e. The van der Waals surface area contributed by atoms with Crippen molar-refractivity contribution in [2.45, 2.75) is 0 Å². The van der Waals surface area contributed by atoms with Gasteiger partial charge in [0.15, 0.2) is 11.5 Å². The Morgan fingerprint density at radius 3 is 2.81 bits per heavy atom. The number of aromatic nitrogens is 2. The quantitative estimate of drug-likeness (QED) is 0.308. The number of carbonyl (C=O) groups excluding carboxylic acids is 1. The normalized spacial score (nSPS) is 10.8. The molecule has 0 saturated carbocycles. The Kier molecular flexibility index (Phi) is 5.52. The van der Waals surface area contributed by atoms with Crippen LogP contribution in [0.5, 0.6) is 11.5 Å². The number of benzene rings is 2. The molecular weight excluding hydrogens is 447 g/mol. The second-order valence-electron chi connectivity index (χ2n) is 5.29. The van der Waals surface area contributed by atoms with Crippen LogP contribution in [0.3, 0.4) is 0 Å². The standard InChI is InChI=1S/C18H15IN4O3/c1-26-16-8-11(7-13(19)17(16)24)10-20-23-18(25)15-9-14(21-22-15)12-5-3-2-4-6-12/h2-10,24H,1H3,(H,21,22)(H,23,25). The van der Waals surface area contributed by atoms with Crippen LogP contribution in [-0.4, -0.2) is 34.5 Å². The van der Waals surface area contributed by atoms with E-state index in [1.165, 1.54) is 13.3 Å². The predicted octanol–water partition coefficient (Wildman–Crippen LogP) is 3.16. The van der Waals surface area contributed by atoms with Gasteiger partial charge in [-0.3, -0.25) is 9.89 Å². The number of nitrogens with zero attached hydrogens (tertiary/aromatic N) is 2. The van der Waals surface area contributed by atoms with E-state index in [2.05, 4.69) is 20.7 Å². The molecule has 0 atom stereocenters. The van der Waals surface area contributed by atoms with Crippen molar-refractivity contribution in [3.8, 4) is 22.8 Å². The molecule has 0 aliphatic heterocycles. The fraction of sp³-hybridized carbons (Fsp3) is 0.0556. The van der Waals surface area contributed by atoms with Gasteiger partial charge < -0.3 is 9.84 Å². The maximum absolute atomic E-state index is 12.2. The molecule has 0 radical (unpaired) electrons. The molecule has 0 saturated heterocycles. The zero-order chi connectivity index (χ0) is 18.5. The molecule has 3 aromatic rings. The van der Waals surface area contributed by atoms with Gasteiger partial charge in [0, 0.05) is 5.56 Å². The van der Waals surface area contributed by atoms with Crippen molar-refractivity contribution in [2.75, 3.05) is 7.11 Å². The summed E-state index contributed by atoms with van der Waals surface area (Å²) in [6.45, 7) is 0. The second kappa shape index (κ2) is 8.00. The first kappa shape index (κ1) is 17.9. The number of halogens is 1. The van der Waals surface area contributed by atoms with Gasteiger partial charge in [-0.1, -0.05) is 30.3 Å². The van der Waals surface area contributed by atoms with E-state index in [-0.39, 0.29) is 5.75 Å². The summed E-state index contributed by atoms with van der Waals surface area (Å²) in [5.74, 6) is 0.00213. The number of phenols is 1. The van der Waals surface area contributed by atoms with E-state index in [0.29, 0.717) is 26.3 Å². The number of rotatable bonds is 5. The molecule has 132 valence electrons. The minimum atomic E-state index is -0.406. The number of hydrogen-bond acceptors (Lipinski definition) is 5. The topological polar surface area (TPSA) is 99.6 Å². The third-order valence-corrected chi connectivity index (χ3v) is 4.36. The molecule has 8 heteroatoms. The molecule has 1 aromatic heterocycles. The Morgan fingerprint density at radius 2 is 2.08 bits per heavy atom. The first-order valence-corrected chi connectivity index (χ1v) is 8.67. The molecule has 0 aliphatic rings. The van der Waals surface area contributed by atoms with Crippen molar-refractivity contribution in [1.82, 2.24) is 15.6 Å². The number of aromatic amines is 1. The molecule has 3 rings (SSSR count). The lowest BCUT2D eigenvalue weighted by Crippen LogP contribution is -2.18. The maximum atomic E-state index is 12.2. The predicted molar refractivity (Wildman–Crippen MR) is 106 cm³/mol. The largest absolute Gasteiger partial charge is 0.504 e. The highest BCUT2D eigenvalue weighted by Crippen LogP contribution is 2.31. The molecule has 0 unspecified atom stereocenters. The van der Waals surface area contributed by atoms with Crippen LogP contribution in [0.1, 0.15) is 16.1 Å². The van der Waals surface area contributed by atoms with Crippen LogP contribution in [-0.2, 0) is 0 Å². The van der Waals surface area contributed by atoms with E-state index in [0.717, 1.165) is 5.56 Å². The number of H-pyrrole nitrogens is 1. The van der Waals surface area contributed by atoms with Crippen LogP contribution in [0.2, 0.25) is 0 Å². The minimum Gasteiger partial charge on any atom is -0.504 e. The first-order valence-electron chi connectivity index (χ1n) is 7.59. The average molecular weight is 462 g/mol. The van der Waals surface area contributed by atoms with Crippen molar-refractivity contribution in [3.63, 3.8) is 0 Å². The molecule has 26 heavy (non-hydrogen) atoms. The SMILES string of the molecule is COc1cc(C=NNC(=O)c2cc(-c3ccccc3)n[nH]2)cc(I)c1O. The van der Waals surface area contributed by atoms with E-state index in [4.69, 9.17) is 4.74 Å². The van der Waals surface area contributed by atoms with Crippen molar-refractivity contribution in [3.05, 3.63) is 63.4 Å². The number of ether oxygens (including phenoxy) is 1. The molecular formula is C18H15IN4O3. The average Bonchev–Trinajstić information content (AvgIpc) is 3.15. The van der Waals surface area contributed by atoms with E-state index in [1.54, 1.807) is 18.2 Å². The third-order valence-electron chi connectivity index (χ3n) is 3.54. The molecule has 0 spiro atoms. The first-order chi connectivity index (χ1) is 12.6. The Labute approximate surface area is 163 Å². The van der Waals surface area contributed by atoms with E-state index < -0.39 is 5.91 Å². The number of hydrogen-bond donors (Lipinski definition) is 3. The molecule has 0 bridgehead atoms. The number of carbonyl (C=O) groups is 1. The van der Waals surface area contributed by atoms with Crippen LogP contribution >= 0.6 is 22.6 Å². The van der Waals surface area contributed by atoms with Gasteiger partial charge in [-0.25, -0.2) is 5.43 Å². The number of methoxy groups -OCH3 is 1. The molecule has 7 nitrogen and oxygen atoms in total. The number of hydrazone groups is 1. The lowest BCUT2D eigenvalue weighted by Gasteiger charge is -2.06. The van der Waals surface area contributed by atoms with Gasteiger partial charge in [0.1, 0.15) is 5.69 Å². The highest BCUT2D eigenvalue weighted by atomic mass is 127. The lowest BCUT2D eigenvalue weighted by atomic mass is 10.1. The lowest BCUT2D eigenvalue weighted by molar-refractivity contribution is 0.0950. The number of nitrogens with one attached hydrogen (secondary N) is 2. The van der Waals surface area contributed by atoms with E-state index >= 15 is 0 Å². The fourth-order valence-electron chi connectivity index (χ4n) is 2.24. The molecule has 0 fully saturated rings. The summed E-state index contributed by atoms with van der Waals surface area (Å²) in [5.41, 5.74) is 5.01. The maximum Gasteiger partial charge on any atom is 0.289 e. The van der Waals surface area contributed by atoms with Crippen molar-refractivity contribution < 1.29 is 14.6 Å².